The van der Waals surface area contributed by atoms with Crippen LogP contribution in [0.2, 0.25) is 0 Å². The Balaban J connectivity index is 1.73. The molecule has 1 aliphatic heterocycles. The van der Waals surface area contributed by atoms with E-state index in [4.69, 9.17) is 0 Å². The van der Waals surface area contributed by atoms with Gasteiger partial charge in [0.1, 0.15) is 5.65 Å². The molecule has 0 unspecified atom stereocenters. The Labute approximate surface area is 151 Å². The van der Waals surface area contributed by atoms with Crippen molar-refractivity contribution in [3.8, 4) is 11.1 Å². The van der Waals surface area contributed by atoms with Crippen molar-refractivity contribution in [1.82, 2.24) is 14.3 Å². The van der Waals surface area contributed by atoms with Crippen LogP contribution in [0, 0.1) is 0 Å². The van der Waals surface area contributed by atoms with Gasteiger partial charge in [0.2, 0.25) is 10.0 Å². The summed E-state index contributed by atoms with van der Waals surface area (Å²) in [5, 5.41) is 0.841. The van der Waals surface area contributed by atoms with Crippen molar-refractivity contribution in [3.63, 3.8) is 0 Å². The van der Waals surface area contributed by atoms with E-state index in [1.165, 1.54) is 11.2 Å². The predicted molar refractivity (Wildman–Crippen MR) is 99.5 cm³/mol. The summed E-state index contributed by atoms with van der Waals surface area (Å²) in [4.78, 5) is 19.2. The Kier molecular flexibility index (Phi) is 4.13. The van der Waals surface area contributed by atoms with E-state index in [0.29, 0.717) is 29.3 Å². The van der Waals surface area contributed by atoms with Gasteiger partial charge in [-0.1, -0.05) is 12.1 Å². The number of H-pyrrole nitrogens is 1. The Morgan fingerprint density at radius 2 is 1.81 bits per heavy atom. The van der Waals surface area contributed by atoms with Gasteiger partial charge in [-0.15, -0.1) is 0 Å². The number of nitrogens with zero attached hydrogens (tertiary/aromatic N) is 2. The number of aromatic amines is 1. The number of nitrogens with one attached hydrogen (secondary N) is 1. The molecule has 1 aliphatic rings. The third kappa shape index (κ3) is 2.83. The summed E-state index contributed by atoms with van der Waals surface area (Å²) in [5.41, 5.74) is 2.94. The number of Topliss-reactive ketones (excluding diaryl/α,β-unsaturated/α-hetero) is 1. The lowest BCUT2D eigenvalue weighted by atomic mass is 10.0. The van der Waals surface area contributed by atoms with Crippen LogP contribution in [0.3, 0.4) is 0 Å². The van der Waals surface area contributed by atoms with Gasteiger partial charge in [-0.25, -0.2) is 13.4 Å². The Hall–Kier alpha value is -2.51. The molecule has 1 N–H and O–H groups in total. The van der Waals surface area contributed by atoms with Crippen LogP contribution in [-0.2, 0) is 10.0 Å². The van der Waals surface area contributed by atoms with E-state index in [2.05, 4.69) is 9.97 Å². The van der Waals surface area contributed by atoms with E-state index in [0.717, 1.165) is 29.4 Å². The molecule has 0 atom stereocenters. The van der Waals surface area contributed by atoms with Gasteiger partial charge < -0.3 is 4.98 Å². The molecule has 3 aromatic rings. The first-order valence-corrected chi connectivity index (χ1v) is 10.00. The number of fused-ring (bicyclic) bond motifs is 1. The summed E-state index contributed by atoms with van der Waals surface area (Å²) in [6.07, 6.45) is 3.50. The highest BCUT2D eigenvalue weighted by atomic mass is 32.2. The predicted octanol–water partition coefficient (Wildman–Crippen LogP) is 3.22. The lowest BCUT2D eigenvalue weighted by molar-refractivity contribution is 0.101. The standard InChI is InChI=1S/C19H19N3O3S/c1-13(23)18-12-17-16(8-9-20-19(17)21-18)14-4-6-15(7-5-14)26(24,25)22-10-2-3-11-22/h4-9,12H,2-3,10-11H2,1H3,(H,20,21). The van der Waals surface area contributed by atoms with E-state index in [1.807, 2.05) is 6.07 Å². The Morgan fingerprint density at radius 3 is 2.46 bits per heavy atom. The molecule has 0 bridgehead atoms. The SMILES string of the molecule is CC(=O)c1cc2c(-c3ccc(S(=O)(=O)N4CCCC4)cc3)ccnc2[nH]1. The second-order valence-electron chi connectivity index (χ2n) is 6.50. The molecule has 1 aromatic carbocycles. The largest absolute Gasteiger partial charge is 0.337 e. The molecule has 1 saturated heterocycles. The minimum atomic E-state index is -3.42. The fourth-order valence-electron chi connectivity index (χ4n) is 3.35. The molecule has 0 spiro atoms. The van der Waals surface area contributed by atoms with Gasteiger partial charge in [0.05, 0.1) is 10.6 Å². The van der Waals surface area contributed by atoms with Gasteiger partial charge >= 0.3 is 0 Å². The van der Waals surface area contributed by atoms with Crippen LogP contribution in [0.1, 0.15) is 30.3 Å². The smallest absolute Gasteiger partial charge is 0.243 e. The van der Waals surface area contributed by atoms with E-state index < -0.39 is 10.0 Å². The molecule has 0 aliphatic carbocycles. The maximum absolute atomic E-state index is 12.6. The minimum absolute atomic E-state index is 0.0546. The molecule has 6 nitrogen and oxygen atoms in total. The molecule has 1 fully saturated rings. The number of benzene rings is 1. The van der Waals surface area contributed by atoms with Crippen LogP contribution in [0.15, 0.2) is 47.5 Å². The zero-order chi connectivity index (χ0) is 18.3. The van der Waals surface area contributed by atoms with Crippen LogP contribution in [0.5, 0.6) is 0 Å². The molecule has 134 valence electrons. The van der Waals surface area contributed by atoms with Gasteiger partial charge in [0.25, 0.3) is 0 Å². The van der Waals surface area contributed by atoms with Gasteiger partial charge in [-0.2, -0.15) is 4.31 Å². The van der Waals surface area contributed by atoms with Gasteiger partial charge in [-0.3, -0.25) is 4.79 Å². The monoisotopic (exact) mass is 369 g/mol. The van der Waals surface area contributed by atoms with E-state index >= 15 is 0 Å². The number of sulfonamides is 1. The molecular weight excluding hydrogens is 350 g/mol. The molecule has 0 amide bonds. The lowest BCUT2D eigenvalue weighted by Crippen LogP contribution is -2.27. The molecule has 7 heteroatoms. The summed E-state index contributed by atoms with van der Waals surface area (Å²) in [6.45, 7) is 2.68. The normalized spacial score (nSPS) is 15.6. The maximum Gasteiger partial charge on any atom is 0.243 e. The Morgan fingerprint density at radius 1 is 1.12 bits per heavy atom. The highest BCUT2D eigenvalue weighted by molar-refractivity contribution is 7.89. The summed E-state index contributed by atoms with van der Waals surface area (Å²) >= 11 is 0. The fraction of sp³-hybridized carbons (Fsp3) is 0.263. The second-order valence-corrected chi connectivity index (χ2v) is 8.43. The number of rotatable bonds is 4. The minimum Gasteiger partial charge on any atom is -0.337 e. The van der Waals surface area contributed by atoms with Crippen molar-refractivity contribution in [3.05, 3.63) is 48.3 Å². The van der Waals surface area contributed by atoms with Gasteiger partial charge in [-0.05, 0) is 48.2 Å². The van der Waals surface area contributed by atoms with Crippen molar-refractivity contribution in [2.75, 3.05) is 13.1 Å². The molecule has 2 aromatic heterocycles. The summed E-state index contributed by atoms with van der Waals surface area (Å²) in [7, 11) is -3.42. The number of hydrogen-bond acceptors (Lipinski definition) is 4. The van der Waals surface area contributed by atoms with Crippen molar-refractivity contribution in [2.45, 2.75) is 24.7 Å². The van der Waals surface area contributed by atoms with E-state index in [9.17, 15) is 13.2 Å². The van der Waals surface area contributed by atoms with Crippen molar-refractivity contribution in [2.24, 2.45) is 0 Å². The third-order valence-electron chi connectivity index (χ3n) is 4.78. The van der Waals surface area contributed by atoms with Crippen LogP contribution < -0.4 is 0 Å². The van der Waals surface area contributed by atoms with Crippen LogP contribution in [0.25, 0.3) is 22.2 Å². The molecule has 26 heavy (non-hydrogen) atoms. The topological polar surface area (TPSA) is 83.1 Å². The summed E-state index contributed by atoms with van der Waals surface area (Å²) in [6, 6.07) is 10.6. The highest BCUT2D eigenvalue weighted by Crippen LogP contribution is 2.30. The zero-order valence-electron chi connectivity index (χ0n) is 14.4. The maximum atomic E-state index is 12.6. The number of hydrogen-bond donors (Lipinski definition) is 1. The summed E-state index contributed by atoms with van der Waals surface area (Å²) in [5.74, 6) is -0.0546. The molecule has 3 heterocycles. The molecular formula is C19H19N3O3S. The number of carbonyl (C=O) groups excluding carboxylic acids is 1. The molecule has 0 saturated carbocycles. The van der Waals surface area contributed by atoms with Crippen molar-refractivity contribution >= 4 is 26.8 Å². The van der Waals surface area contributed by atoms with Crippen LogP contribution in [0.4, 0.5) is 0 Å². The highest BCUT2D eigenvalue weighted by Gasteiger charge is 2.27. The molecule has 4 rings (SSSR count). The Bertz CT molecular complexity index is 1080. The van der Waals surface area contributed by atoms with Gasteiger partial charge in [0.15, 0.2) is 5.78 Å². The second kappa shape index (κ2) is 6.34. The average molecular weight is 369 g/mol. The van der Waals surface area contributed by atoms with Crippen LogP contribution >= 0.6 is 0 Å². The first kappa shape index (κ1) is 16.9. The lowest BCUT2D eigenvalue weighted by Gasteiger charge is -2.15. The van der Waals surface area contributed by atoms with Crippen molar-refractivity contribution < 1.29 is 13.2 Å². The number of pyridine rings is 1. The van der Waals surface area contributed by atoms with Crippen LogP contribution in [-0.4, -0.2) is 41.6 Å². The van der Waals surface area contributed by atoms with Gasteiger partial charge in [0, 0.05) is 31.6 Å². The quantitative estimate of drug-likeness (QED) is 0.716. The first-order valence-electron chi connectivity index (χ1n) is 8.56. The van der Waals surface area contributed by atoms with E-state index in [1.54, 1.807) is 36.5 Å². The third-order valence-corrected chi connectivity index (χ3v) is 6.69. The number of carbonyl (C=O) groups is 1. The fourth-order valence-corrected chi connectivity index (χ4v) is 4.87. The first-order chi connectivity index (χ1) is 12.5. The number of ketones is 1. The van der Waals surface area contributed by atoms with E-state index in [-0.39, 0.29) is 5.78 Å². The summed E-state index contributed by atoms with van der Waals surface area (Å²) < 4.78 is 26.8. The molecule has 0 radical (unpaired) electrons. The van der Waals surface area contributed by atoms with Crippen molar-refractivity contribution in [1.29, 1.82) is 0 Å². The average Bonchev–Trinajstić information content (AvgIpc) is 3.31. The number of aromatic nitrogens is 2. The zero-order valence-corrected chi connectivity index (χ0v) is 15.2.